The lowest BCUT2D eigenvalue weighted by Gasteiger charge is -2.12. The van der Waals surface area contributed by atoms with Gasteiger partial charge in [-0.1, -0.05) is 17.7 Å². The molecule has 0 saturated carbocycles. The topological polar surface area (TPSA) is 29.9 Å². The molecule has 2 rings (SSSR count). The molecular formula is C16H23N3. The molecule has 0 aliphatic rings. The lowest BCUT2D eigenvalue weighted by molar-refractivity contribution is 0.640. The zero-order valence-electron chi connectivity index (χ0n) is 12.3. The molecule has 0 aliphatic heterocycles. The van der Waals surface area contributed by atoms with Crippen molar-refractivity contribution in [2.75, 3.05) is 6.54 Å². The highest BCUT2D eigenvalue weighted by Crippen LogP contribution is 2.15. The Morgan fingerprint density at radius 3 is 2.42 bits per heavy atom. The normalized spacial score (nSPS) is 10.9. The first-order valence-electron chi connectivity index (χ1n) is 6.82. The Bertz CT molecular complexity index is 532. The predicted octanol–water partition coefficient (Wildman–Crippen LogP) is 2.68. The minimum Gasteiger partial charge on any atom is -0.312 e. The van der Waals surface area contributed by atoms with E-state index in [4.69, 9.17) is 0 Å². The zero-order valence-corrected chi connectivity index (χ0v) is 12.3. The fourth-order valence-corrected chi connectivity index (χ4v) is 2.57. The average molecular weight is 257 g/mol. The molecule has 0 spiro atoms. The Labute approximate surface area is 115 Å². The molecule has 0 aliphatic carbocycles. The Hall–Kier alpha value is -1.61. The second kappa shape index (κ2) is 6.02. The number of rotatable bonds is 5. The van der Waals surface area contributed by atoms with Gasteiger partial charge in [-0.3, -0.25) is 4.68 Å². The molecule has 19 heavy (non-hydrogen) atoms. The molecule has 102 valence electrons. The third-order valence-corrected chi connectivity index (χ3v) is 3.62. The van der Waals surface area contributed by atoms with Gasteiger partial charge in [-0.15, -0.1) is 0 Å². The second-order valence-corrected chi connectivity index (χ2v) is 5.25. The standard InChI is InChI=1S/C16H23N3/c1-12-9-13(2)16(14(3)10-12)11-17-7-5-15-6-8-18-19(15)4/h6,8-10,17H,5,7,11H2,1-4H3. The first kappa shape index (κ1) is 13.8. The summed E-state index contributed by atoms with van der Waals surface area (Å²) in [7, 11) is 1.99. The smallest absolute Gasteiger partial charge is 0.0492 e. The van der Waals surface area contributed by atoms with Crippen LogP contribution >= 0.6 is 0 Å². The van der Waals surface area contributed by atoms with Crippen LogP contribution in [0.3, 0.4) is 0 Å². The van der Waals surface area contributed by atoms with E-state index in [2.05, 4.69) is 49.4 Å². The minimum atomic E-state index is 0.940. The number of hydrogen-bond donors (Lipinski definition) is 1. The van der Waals surface area contributed by atoms with Gasteiger partial charge in [0, 0.05) is 38.4 Å². The van der Waals surface area contributed by atoms with Crippen LogP contribution in [0.1, 0.15) is 27.9 Å². The van der Waals surface area contributed by atoms with Crippen LogP contribution in [-0.4, -0.2) is 16.3 Å². The number of benzene rings is 1. The fourth-order valence-electron chi connectivity index (χ4n) is 2.57. The van der Waals surface area contributed by atoms with Gasteiger partial charge in [0.25, 0.3) is 0 Å². The molecule has 1 heterocycles. The molecule has 0 radical (unpaired) electrons. The average Bonchev–Trinajstić information content (AvgIpc) is 2.73. The van der Waals surface area contributed by atoms with Crippen LogP contribution in [0.2, 0.25) is 0 Å². The Balaban J connectivity index is 1.88. The first-order valence-corrected chi connectivity index (χ1v) is 6.82. The monoisotopic (exact) mass is 257 g/mol. The first-order chi connectivity index (χ1) is 9.08. The van der Waals surface area contributed by atoms with Gasteiger partial charge in [-0.05, 0) is 43.5 Å². The van der Waals surface area contributed by atoms with Crippen LogP contribution < -0.4 is 5.32 Å². The van der Waals surface area contributed by atoms with Gasteiger partial charge in [-0.2, -0.15) is 5.10 Å². The predicted molar refractivity (Wildman–Crippen MR) is 79.3 cm³/mol. The van der Waals surface area contributed by atoms with Crippen molar-refractivity contribution in [3.63, 3.8) is 0 Å². The lowest BCUT2D eigenvalue weighted by atomic mass is 10.00. The van der Waals surface area contributed by atoms with E-state index in [0.29, 0.717) is 0 Å². The van der Waals surface area contributed by atoms with Crippen molar-refractivity contribution < 1.29 is 0 Å². The largest absolute Gasteiger partial charge is 0.312 e. The maximum absolute atomic E-state index is 4.18. The summed E-state index contributed by atoms with van der Waals surface area (Å²) in [6.45, 7) is 8.46. The summed E-state index contributed by atoms with van der Waals surface area (Å²) in [5.74, 6) is 0. The highest BCUT2D eigenvalue weighted by Gasteiger charge is 2.04. The second-order valence-electron chi connectivity index (χ2n) is 5.25. The highest BCUT2D eigenvalue weighted by molar-refractivity contribution is 5.37. The maximum atomic E-state index is 4.18. The van der Waals surface area contributed by atoms with Crippen LogP contribution in [0.4, 0.5) is 0 Å². The molecule has 0 unspecified atom stereocenters. The van der Waals surface area contributed by atoms with Gasteiger partial charge in [0.1, 0.15) is 0 Å². The maximum Gasteiger partial charge on any atom is 0.0492 e. The van der Waals surface area contributed by atoms with Gasteiger partial charge < -0.3 is 5.32 Å². The van der Waals surface area contributed by atoms with Crippen molar-refractivity contribution in [2.24, 2.45) is 7.05 Å². The van der Waals surface area contributed by atoms with E-state index in [1.807, 2.05) is 17.9 Å². The Morgan fingerprint density at radius 2 is 1.84 bits per heavy atom. The number of nitrogens with zero attached hydrogens (tertiary/aromatic N) is 2. The summed E-state index contributed by atoms with van der Waals surface area (Å²) in [6, 6.07) is 6.58. The molecule has 3 heteroatoms. The van der Waals surface area contributed by atoms with Crippen molar-refractivity contribution in [1.29, 1.82) is 0 Å². The van der Waals surface area contributed by atoms with E-state index in [-0.39, 0.29) is 0 Å². The molecule has 0 amide bonds. The van der Waals surface area contributed by atoms with Crippen LogP contribution in [0.25, 0.3) is 0 Å². The van der Waals surface area contributed by atoms with E-state index in [0.717, 1.165) is 19.5 Å². The summed E-state index contributed by atoms with van der Waals surface area (Å²) < 4.78 is 1.93. The highest BCUT2D eigenvalue weighted by atomic mass is 15.3. The number of aryl methyl sites for hydroxylation is 4. The number of hydrogen-bond acceptors (Lipinski definition) is 2. The minimum absolute atomic E-state index is 0.940. The van der Waals surface area contributed by atoms with Crippen molar-refractivity contribution in [3.8, 4) is 0 Å². The summed E-state index contributed by atoms with van der Waals surface area (Å²) in [5, 5.41) is 7.71. The summed E-state index contributed by atoms with van der Waals surface area (Å²) in [6.07, 6.45) is 2.87. The van der Waals surface area contributed by atoms with Crippen LogP contribution in [0, 0.1) is 20.8 Å². The number of aromatic nitrogens is 2. The molecule has 1 aromatic heterocycles. The SMILES string of the molecule is Cc1cc(C)c(CNCCc2ccnn2C)c(C)c1. The Kier molecular flexibility index (Phi) is 4.38. The van der Waals surface area contributed by atoms with Gasteiger partial charge in [0.05, 0.1) is 0 Å². The van der Waals surface area contributed by atoms with Gasteiger partial charge in [0.15, 0.2) is 0 Å². The third kappa shape index (κ3) is 3.44. The van der Waals surface area contributed by atoms with E-state index in [9.17, 15) is 0 Å². The van der Waals surface area contributed by atoms with Gasteiger partial charge >= 0.3 is 0 Å². The molecule has 0 bridgehead atoms. The van der Waals surface area contributed by atoms with Crippen molar-refractivity contribution in [1.82, 2.24) is 15.1 Å². The quantitative estimate of drug-likeness (QED) is 0.835. The summed E-state index contributed by atoms with van der Waals surface area (Å²) in [5.41, 5.74) is 6.80. The van der Waals surface area contributed by atoms with Gasteiger partial charge in [-0.25, -0.2) is 0 Å². The van der Waals surface area contributed by atoms with Crippen LogP contribution in [0.15, 0.2) is 24.4 Å². The molecule has 1 N–H and O–H groups in total. The molecule has 0 saturated heterocycles. The van der Waals surface area contributed by atoms with E-state index in [1.54, 1.807) is 0 Å². The van der Waals surface area contributed by atoms with Crippen molar-refractivity contribution >= 4 is 0 Å². The zero-order chi connectivity index (χ0) is 13.8. The fraction of sp³-hybridized carbons (Fsp3) is 0.438. The summed E-state index contributed by atoms with van der Waals surface area (Å²) >= 11 is 0. The van der Waals surface area contributed by atoms with E-state index >= 15 is 0 Å². The number of nitrogens with one attached hydrogen (secondary N) is 1. The van der Waals surface area contributed by atoms with Crippen LogP contribution in [-0.2, 0) is 20.0 Å². The Morgan fingerprint density at radius 1 is 1.16 bits per heavy atom. The van der Waals surface area contributed by atoms with Crippen LogP contribution in [0.5, 0.6) is 0 Å². The molecule has 0 atom stereocenters. The summed E-state index contributed by atoms with van der Waals surface area (Å²) in [4.78, 5) is 0. The molecule has 3 nitrogen and oxygen atoms in total. The van der Waals surface area contributed by atoms with Crippen molar-refractivity contribution in [2.45, 2.75) is 33.7 Å². The molecule has 2 aromatic rings. The van der Waals surface area contributed by atoms with Crippen molar-refractivity contribution in [3.05, 3.63) is 52.3 Å². The third-order valence-electron chi connectivity index (χ3n) is 3.62. The molecule has 1 aromatic carbocycles. The molecular weight excluding hydrogens is 234 g/mol. The molecule has 0 fully saturated rings. The van der Waals surface area contributed by atoms with E-state index < -0.39 is 0 Å². The lowest BCUT2D eigenvalue weighted by Crippen LogP contribution is -2.19. The van der Waals surface area contributed by atoms with E-state index in [1.165, 1.54) is 27.9 Å². The van der Waals surface area contributed by atoms with Gasteiger partial charge in [0.2, 0.25) is 0 Å².